The predicted molar refractivity (Wildman–Crippen MR) is 53.1 cm³/mol. The fraction of sp³-hybridized carbons (Fsp3) is 0.417. The van der Waals surface area contributed by atoms with Crippen LogP contribution >= 0.6 is 0 Å². The zero-order valence-corrected chi connectivity index (χ0v) is 10.5. The van der Waals surface area contributed by atoms with Crippen LogP contribution in [0.25, 0.3) is 0 Å². The Morgan fingerprint density at radius 2 is 2.21 bits per heavy atom. The molecule has 1 aromatic carbocycles. The Balaban J connectivity index is 2.23. The molecule has 0 radical (unpaired) electrons. The number of carbonyl (C=O) groups is 1. The van der Waals surface area contributed by atoms with Gasteiger partial charge in [0.1, 0.15) is 0 Å². The second-order valence-electron chi connectivity index (χ2n) is 3.68. The van der Waals surface area contributed by atoms with Gasteiger partial charge in [-0.15, -0.1) is 0 Å². The molecule has 76 valence electrons. The summed E-state index contributed by atoms with van der Waals surface area (Å²) in [5.41, 5.74) is 2.73. The van der Waals surface area contributed by atoms with Gasteiger partial charge >= 0.3 is 95.3 Å². The van der Waals surface area contributed by atoms with Gasteiger partial charge in [0.25, 0.3) is 0 Å². The van der Waals surface area contributed by atoms with Gasteiger partial charge in [0.2, 0.25) is 0 Å². The summed E-state index contributed by atoms with van der Waals surface area (Å²) in [7, 11) is 0. The Morgan fingerprint density at radius 1 is 1.50 bits per heavy atom. The second-order valence-corrected chi connectivity index (χ2v) is 7.14. The topological polar surface area (TPSA) is 17.1 Å². The van der Waals surface area contributed by atoms with Gasteiger partial charge in [-0.1, -0.05) is 0 Å². The molecule has 0 N–H and O–H groups in total. The number of carbonyl (C=O) groups excluding carboxylic acids is 1. The molecule has 2 rings (SSSR count). The fourth-order valence-corrected chi connectivity index (χ4v) is 4.05. The Hall–Kier alpha value is -0.380. The van der Waals surface area contributed by atoms with Crippen molar-refractivity contribution in [3.05, 3.63) is 35.4 Å². The van der Waals surface area contributed by atoms with Crippen molar-refractivity contribution in [3.63, 3.8) is 0 Å². The number of alkyl halides is 2. The van der Waals surface area contributed by atoms with Crippen LogP contribution in [0.3, 0.4) is 0 Å². The number of hydrogen-bond acceptors (Lipinski definition) is 1. The number of rotatable bonds is 3. The summed E-state index contributed by atoms with van der Waals surface area (Å²) in [6.07, 6.45) is 1.97. The number of ketones is 1. The summed E-state index contributed by atoms with van der Waals surface area (Å²) in [4.78, 5) is 11.1. The first-order chi connectivity index (χ1) is 6.77. The summed E-state index contributed by atoms with van der Waals surface area (Å²) in [5, 5.41) is 0. The average Bonchev–Trinajstić information content (AvgIpc) is 2.04. The van der Waals surface area contributed by atoms with Crippen LogP contribution in [0.15, 0.2) is 24.3 Å². The van der Waals surface area contributed by atoms with E-state index in [0.717, 1.165) is 3.92 Å². The van der Waals surface area contributed by atoms with E-state index in [0.29, 0.717) is 27.6 Å². The van der Waals surface area contributed by atoms with Crippen LogP contribution in [-0.4, -0.2) is 10.2 Å². The standard InChI is InChI=1S/C12H14IO/c1-9(14)8-10-4-2-3-5-11(10)12-6-7-13-12/h2-5,12H,6-8H2,1H3/q-1. The predicted octanol–water partition coefficient (Wildman–Crippen LogP) is -0.648. The molecule has 0 saturated carbocycles. The van der Waals surface area contributed by atoms with Gasteiger partial charge in [0, 0.05) is 0 Å². The van der Waals surface area contributed by atoms with Crippen molar-refractivity contribution in [2.24, 2.45) is 0 Å². The summed E-state index contributed by atoms with van der Waals surface area (Å²) in [6.45, 7) is 1.67. The Kier molecular flexibility index (Phi) is 3.21. The van der Waals surface area contributed by atoms with Crippen molar-refractivity contribution in [2.45, 2.75) is 23.7 Å². The van der Waals surface area contributed by atoms with Crippen molar-refractivity contribution in [3.8, 4) is 0 Å². The van der Waals surface area contributed by atoms with Gasteiger partial charge in [-0.2, -0.15) is 0 Å². The summed E-state index contributed by atoms with van der Waals surface area (Å²) >= 11 is 0.393. The third-order valence-electron chi connectivity index (χ3n) is 2.49. The molecular formula is C12H14IO-. The van der Waals surface area contributed by atoms with Crippen LogP contribution in [-0.2, 0) is 11.2 Å². The minimum absolute atomic E-state index is 0.273. The Labute approximate surface area is 95.2 Å². The molecule has 0 aliphatic carbocycles. The van der Waals surface area contributed by atoms with Gasteiger partial charge < -0.3 is 0 Å². The van der Waals surface area contributed by atoms with Crippen molar-refractivity contribution >= 4 is 5.78 Å². The third-order valence-corrected chi connectivity index (χ3v) is 6.09. The molecule has 1 unspecified atom stereocenters. The van der Waals surface area contributed by atoms with Gasteiger partial charge in [0.05, 0.1) is 0 Å². The van der Waals surface area contributed by atoms with E-state index in [1.165, 1.54) is 22.0 Å². The van der Waals surface area contributed by atoms with Gasteiger partial charge in [0.15, 0.2) is 0 Å². The van der Waals surface area contributed by atoms with Crippen molar-refractivity contribution in [2.75, 3.05) is 4.43 Å². The fourth-order valence-electron chi connectivity index (χ4n) is 1.73. The second kappa shape index (κ2) is 4.43. The average molecular weight is 301 g/mol. The summed E-state index contributed by atoms with van der Waals surface area (Å²) < 4.78 is 2.29. The van der Waals surface area contributed by atoms with Crippen molar-refractivity contribution in [1.29, 1.82) is 0 Å². The summed E-state index contributed by atoms with van der Waals surface area (Å²) in [6, 6.07) is 8.46. The molecule has 0 bridgehead atoms. The number of Topliss-reactive ketones (excluding diaryl/α,β-unsaturated/α-hetero) is 1. The van der Waals surface area contributed by atoms with E-state index in [2.05, 4.69) is 18.2 Å². The molecule has 1 atom stereocenters. The molecule has 1 aliphatic rings. The molecule has 0 amide bonds. The van der Waals surface area contributed by atoms with Crippen LogP contribution in [0.5, 0.6) is 0 Å². The monoisotopic (exact) mass is 301 g/mol. The van der Waals surface area contributed by atoms with Crippen molar-refractivity contribution in [1.82, 2.24) is 0 Å². The zero-order chi connectivity index (χ0) is 9.97. The van der Waals surface area contributed by atoms with E-state index in [1.807, 2.05) is 6.07 Å². The van der Waals surface area contributed by atoms with E-state index in [9.17, 15) is 4.79 Å². The van der Waals surface area contributed by atoms with Crippen LogP contribution in [0.1, 0.15) is 28.4 Å². The molecule has 14 heavy (non-hydrogen) atoms. The Bertz CT molecular complexity index is 342. The van der Waals surface area contributed by atoms with Gasteiger partial charge in [-0.25, -0.2) is 0 Å². The Morgan fingerprint density at radius 3 is 2.79 bits per heavy atom. The van der Waals surface area contributed by atoms with Gasteiger partial charge in [-0.05, 0) is 0 Å². The molecule has 2 heteroatoms. The zero-order valence-electron chi connectivity index (χ0n) is 8.29. The van der Waals surface area contributed by atoms with E-state index in [1.54, 1.807) is 6.92 Å². The summed E-state index contributed by atoms with van der Waals surface area (Å²) in [5.74, 6) is 0.273. The third kappa shape index (κ3) is 2.16. The van der Waals surface area contributed by atoms with Crippen LogP contribution in [0, 0.1) is 0 Å². The van der Waals surface area contributed by atoms with Gasteiger partial charge in [-0.3, -0.25) is 0 Å². The first-order valence-electron chi connectivity index (χ1n) is 4.92. The molecule has 1 nitrogen and oxygen atoms in total. The molecular weight excluding hydrogens is 287 g/mol. The first-order valence-corrected chi connectivity index (χ1v) is 7.69. The molecule has 1 heterocycles. The van der Waals surface area contributed by atoms with Crippen LogP contribution in [0.2, 0.25) is 0 Å². The molecule has 0 spiro atoms. The molecule has 1 aromatic rings. The van der Waals surface area contributed by atoms with Crippen molar-refractivity contribution < 1.29 is 26.0 Å². The quantitative estimate of drug-likeness (QED) is 0.536. The molecule has 1 saturated heterocycles. The SMILES string of the molecule is CC(=O)Cc1ccccc1C1CC[I-]1. The van der Waals surface area contributed by atoms with E-state index < -0.39 is 0 Å². The maximum absolute atomic E-state index is 11.1. The number of hydrogen-bond donors (Lipinski definition) is 0. The van der Waals surface area contributed by atoms with Crippen LogP contribution < -0.4 is 21.2 Å². The van der Waals surface area contributed by atoms with E-state index >= 15 is 0 Å². The first kappa shape index (κ1) is 10.1. The van der Waals surface area contributed by atoms with Crippen LogP contribution in [0.4, 0.5) is 0 Å². The normalized spacial score (nSPS) is 20.8. The molecule has 1 aliphatic heterocycles. The maximum atomic E-state index is 11.1. The van der Waals surface area contributed by atoms with E-state index in [4.69, 9.17) is 0 Å². The number of halogens is 1. The minimum atomic E-state index is 0.273. The van der Waals surface area contributed by atoms with E-state index in [-0.39, 0.29) is 5.78 Å². The molecule has 0 aromatic heterocycles. The molecule has 1 fully saturated rings. The number of benzene rings is 1.